The van der Waals surface area contributed by atoms with Crippen LogP contribution in [0.3, 0.4) is 0 Å². The van der Waals surface area contributed by atoms with Crippen LogP contribution < -0.4 is 11.1 Å². The third kappa shape index (κ3) is 6.06. The quantitative estimate of drug-likeness (QED) is 0.765. The monoisotopic (exact) mass is 406 g/mol. The topological polar surface area (TPSA) is 108 Å². The fraction of sp³-hybridized carbons (Fsp3) is 0.348. The van der Waals surface area contributed by atoms with E-state index in [1.807, 2.05) is 36.4 Å². The maximum absolute atomic E-state index is 12.8. The third-order valence-corrected chi connectivity index (χ3v) is 5.10. The second kappa shape index (κ2) is 10.4. The molecule has 30 heavy (non-hydrogen) atoms. The van der Waals surface area contributed by atoms with Gasteiger partial charge in [-0.3, -0.25) is 4.79 Å². The van der Waals surface area contributed by atoms with Crippen LogP contribution in [-0.2, 0) is 22.6 Å². The van der Waals surface area contributed by atoms with E-state index < -0.39 is 12.1 Å². The lowest BCUT2D eigenvalue weighted by atomic mass is 10.0. The number of carbonyl (C=O) groups excluding carboxylic acids is 2. The van der Waals surface area contributed by atoms with Crippen molar-refractivity contribution in [2.75, 3.05) is 13.1 Å². The van der Waals surface area contributed by atoms with Crippen LogP contribution >= 0.6 is 0 Å². The summed E-state index contributed by atoms with van der Waals surface area (Å²) < 4.78 is 5.27. The Morgan fingerprint density at radius 3 is 2.73 bits per heavy atom. The predicted molar refractivity (Wildman–Crippen MR) is 112 cm³/mol. The molecule has 3 rings (SSSR count). The van der Waals surface area contributed by atoms with Crippen molar-refractivity contribution in [1.82, 2.24) is 10.2 Å². The Balaban J connectivity index is 1.48. The third-order valence-electron chi connectivity index (χ3n) is 5.10. The molecule has 1 saturated heterocycles. The van der Waals surface area contributed by atoms with Crippen molar-refractivity contribution in [1.29, 1.82) is 5.26 Å². The maximum Gasteiger partial charge on any atom is 0.407 e. The van der Waals surface area contributed by atoms with Crippen LogP contribution in [0.25, 0.3) is 0 Å². The van der Waals surface area contributed by atoms with E-state index in [9.17, 15) is 9.59 Å². The Hall–Kier alpha value is -3.37. The Kier molecular flexibility index (Phi) is 7.41. The molecule has 0 saturated carbocycles. The number of piperidine rings is 1. The molecule has 7 heteroatoms. The van der Waals surface area contributed by atoms with Crippen molar-refractivity contribution < 1.29 is 14.3 Å². The van der Waals surface area contributed by atoms with Crippen LogP contribution in [0.4, 0.5) is 4.79 Å². The number of nitrogens with two attached hydrogens (primary N) is 1. The van der Waals surface area contributed by atoms with Crippen molar-refractivity contribution in [2.45, 2.75) is 38.0 Å². The van der Waals surface area contributed by atoms with Crippen LogP contribution in [0, 0.1) is 11.3 Å². The van der Waals surface area contributed by atoms with Gasteiger partial charge < -0.3 is 20.7 Å². The number of hydrogen-bond donors (Lipinski definition) is 2. The van der Waals surface area contributed by atoms with Gasteiger partial charge in [0.1, 0.15) is 6.61 Å². The Morgan fingerprint density at radius 2 is 1.97 bits per heavy atom. The van der Waals surface area contributed by atoms with Crippen LogP contribution in [0.2, 0.25) is 0 Å². The molecule has 0 radical (unpaired) electrons. The number of alkyl carbamates (subject to hydrolysis) is 1. The summed E-state index contributed by atoms with van der Waals surface area (Å²) in [5, 5.41) is 11.9. The number of amides is 2. The lowest BCUT2D eigenvalue weighted by molar-refractivity contribution is -0.133. The van der Waals surface area contributed by atoms with Crippen LogP contribution in [0.5, 0.6) is 0 Å². The number of ether oxygens (including phenoxy) is 1. The normalized spacial score (nSPS) is 16.9. The van der Waals surface area contributed by atoms with Gasteiger partial charge in [0.2, 0.25) is 5.91 Å². The summed E-state index contributed by atoms with van der Waals surface area (Å²) in [5.74, 6) is -0.151. The Bertz CT molecular complexity index is 910. The second-order valence-electron chi connectivity index (χ2n) is 7.45. The fourth-order valence-electron chi connectivity index (χ4n) is 3.57. The van der Waals surface area contributed by atoms with Gasteiger partial charge in [-0.1, -0.05) is 42.5 Å². The summed E-state index contributed by atoms with van der Waals surface area (Å²) in [5.41, 5.74) is 8.46. The Labute approximate surface area is 176 Å². The van der Waals surface area contributed by atoms with Gasteiger partial charge in [0.05, 0.1) is 17.7 Å². The zero-order valence-electron chi connectivity index (χ0n) is 16.8. The van der Waals surface area contributed by atoms with E-state index >= 15 is 0 Å². The summed E-state index contributed by atoms with van der Waals surface area (Å²) in [6.07, 6.45) is 1.44. The van der Waals surface area contributed by atoms with E-state index in [2.05, 4.69) is 11.4 Å². The number of hydrogen-bond acceptors (Lipinski definition) is 5. The zero-order valence-corrected chi connectivity index (χ0v) is 16.8. The van der Waals surface area contributed by atoms with Crippen LogP contribution in [-0.4, -0.2) is 42.1 Å². The molecule has 156 valence electrons. The number of nitriles is 1. The average molecular weight is 406 g/mol. The lowest BCUT2D eigenvalue weighted by Crippen LogP contribution is -2.53. The van der Waals surface area contributed by atoms with Crippen molar-refractivity contribution in [2.24, 2.45) is 5.73 Å². The first-order valence-electron chi connectivity index (χ1n) is 10.1. The molecule has 0 spiro atoms. The molecule has 2 aromatic rings. The highest BCUT2D eigenvalue weighted by atomic mass is 16.5. The molecule has 2 aromatic carbocycles. The minimum absolute atomic E-state index is 0.151. The molecule has 3 N–H and O–H groups in total. The molecule has 1 aliphatic heterocycles. The summed E-state index contributed by atoms with van der Waals surface area (Å²) >= 11 is 0. The van der Waals surface area contributed by atoms with E-state index in [1.165, 1.54) is 0 Å². The molecule has 2 atom stereocenters. The van der Waals surface area contributed by atoms with Crippen molar-refractivity contribution in [3.8, 4) is 6.07 Å². The maximum atomic E-state index is 12.8. The van der Waals surface area contributed by atoms with Gasteiger partial charge in [-0.2, -0.15) is 5.26 Å². The van der Waals surface area contributed by atoms with Crippen LogP contribution in [0.1, 0.15) is 29.5 Å². The number of carbonyl (C=O) groups is 2. The first kappa shape index (κ1) is 21.3. The molecule has 0 unspecified atom stereocenters. The SMILES string of the molecule is N#Cc1cccc(C[C@H](N)C(=O)N2CCC[C@@H](NC(=O)OCc3ccccc3)C2)c1. The summed E-state index contributed by atoms with van der Waals surface area (Å²) in [4.78, 5) is 26.6. The second-order valence-corrected chi connectivity index (χ2v) is 7.45. The summed E-state index contributed by atoms with van der Waals surface area (Å²) in [6, 6.07) is 17.8. The fourth-order valence-corrected chi connectivity index (χ4v) is 3.57. The number of benzene rings is 2. The minimum Gasteiger partial charge on any atom is -0.445 e. The van der Waals surface area contributed by atoms with Gasteiger partial charge in [0, 0.05) is 19.1 Å². The first-order chi connectivity index (χ1) is 14.5. The molecule has 2 amide bonds. The highest BCUT2D eigenvalue weighted by molar-refractivity contribution is 5.82. The van der Waals surface area contributed by atoms with E-state index in [0.717, 1.165) is 24.0 Å². The highest BCUT2D eigenvalue weighted by Crippen LogP contribution is 2.14. The van der Waals surface area contributed by atoms with Gasteiger partial charge in [-0.25, -0.2) is 4.79 Å². The van der Waals surface area contributed by atoms with E-state index in [1.54, 1.807) is 23.1 Å². The molecule has 0 bridgehead atoms. The molecule has 1 heterocycles. The van der Waals surface area contributed by atoms with E-state index in [0.29, 0.717) is 25.1 Å². The molecule has 0 aromatic heterocycles. The minimum atomic E-state index is -0.692. The number of nitrogens with one attached hydrogen (secondary N) is 1. The van der Waals surface area contributed by atoms with E-state index in [-0.39, 0.29) is 18.6 Å². The molecule has 0 aliphatic carbocycles. The molecule has 1 aliphatic rings. The number of rotatable bonds is 6. The average Bonchev–Trinajstić information content (AvgIpc) is 2.78. The smallest absolute Gasteiger partial charge is 0.407 e. The molecular formula is C23H26N4O3. The van der Waals surface area contributed by atoms with Gasteiger partial charge >= 0.3 is 6.09 Å². The number of nitrogens with zero attached hydrogens (tertiary/aromatic N) is 2. The summed E-state index contributed by atoms with van der Waals surface area (Å²) in [6.45, 7) is 1.22. The van der Waals surface area contributed by atoms with Crippen LogP contribution in [0.15, 0.2) is 54.6 Å². The predicted octanol–water partition coefficient (Wildman–Crippen LogP) is 2.35. The number of likely N-dealkylation sites (tertiary alicyclic amines) is 1. The first-order valence-corrected chi connectivity index (χ1v) is 10.1. The van der Waals surface area contributed by atoms with Gasteiger partial charge in [-0.15, -0.1) is 0 Å². The lowest BCUT2D eigenvalue weighted by Gasteiger charge is -2.34. The van der Waals surface area contributed by atoms with E-state index in [4.69, 9.17) is 15.7 Å². The molecular weight excluding hydrogens is 380 g/mol. The van der Waals surface area contributed by atoms with Gasteiger partial charge in [-0.05, 0) is 42.5 Å². The van der Waals surface area contributed by atoms with Gasteiger partial charge in [0.15, 0.2) is 0 Å². The standard InChI is InChI=1S/C23H26N4O3/c24-14-19-9-4-8-18(12-19)13-21(25)22(28)27-11-5-10-20(15-27)26-23(29)30-16-17-6-2-1-3-7-17/h1-4,6-9,12,20-21H,5,10-11,13,15-16,25H2,(H,26,29)/t20-,21+/m1/s1. The highest BCUT2D eigenvalue weighted by Gasteiger charge is 2.28. The molecule has 1 fully saturated rings. The Morgan fingerprint density at radius 1 is 1.20 bits per heavy atom. The van der Waals surface area contributed by atoms with Gasteiger partial charge in [0.25, 0.3) is 0 Å². The zero-order chi connectivity index (χ0) is 21.3. The molecule has 7 nitrogen and oxygen atoms in total. The van der Waals surface area contributed by atoms with Crippen molar-refractivity contribution >= 4 is 12.0 Å². The largest absolute Gasteiger partial charge is 0.445 e. The van der Waals surface area contributed by atoms with Crippen molar-refractivity contribution in [3.63, 3.8) is 0 Å². The summed E-state index contributed by atoms with van der Waals surface area (Å²) in [7, 11) is 0. The van der Waals surface area contributed by atoms with Crippen molar-refractivity contribution in [3.05, 3.63) is 71.3 Å².